The predicted octanol–water partition coefficient (Wildman–Crippen LogP) is 3.16. The van der Waals surface area contributed by atoms with Crippen LogP contribution in [0.3, 0.4) is 0 Å². The molecule has 0 bridgehead atoms. The molecule has 0 N–H and O–H groups in total. The van der Waals surface area contributed by atoms with Crippen LogP contribution in [-0.2, 0) is 6.42 Å². The molecular formula is C13H18O2. The van der Waals surface area contributed by atoms with E-state index in [0.717, 1.165) is 17.7 Å². The molecule has 82 valence electrons. The zero-order valence-electron chi connectivity index (χ0n) is 9.89. The average Bonchev–Trinajstić information content (AvgIpc) is 2.16. The Bertz CT molecular complexity index is 367. The van der Waals surface area contributed by atoms with E-state index in [1.54, 1.807) is 6.92 Å². The monoisotopic (exact) mass is 206 g/mol. The topological polar surface area (TPSA) is 26.3 Å². The van der Waals surface area contributed by atoms with Gasteiger partial charge in [-0.25, -0.2) is 0 Å². The fourth-order valence-electron chi connectivity index (χ4n) is 1.75. The smallest absolute Gasteiger partial charge is 0.163 e. The molecule has 1 aromatic carbocycles. The second kappa shape index (κ2) is 4.96. The number of hydrogen-bond acceptors (Lipinski definition) is 2. The van der Waals surface area contributed by atoms with E-state index in [4.69, 9.17) is 4.74 Å². The van der Waals surface area contributed by atoms with Crippen molar-refractivity contribution in [1.29, 1.82) is 0 Å². The molecule has 0 radical (unpaired) electrons. The first kappa shape index (κ1) is 11.8. The minimum atomic E-state index is 0.0682. The molecule has 0 heterocycles. The molecule has 2 nitrogen and oxygen atoms in total. The van der Waals surface area contributed by atoms with Crippen LogP contribution in [0.2, 0.25) is 0 Å². The highest BCUT2D eigenvalue weighted by atomic mass is 16.5. The Labute approximate surface area is 91.3 Å². The van der Waals surface area contributed by atoms with Gasteiger partial charge in [-0.15, -0.1) is 0 Å². The van der Waals surface area contributed by atoms with Crippen LogP contribution in [0.15, 0.2) is 12.1 Å². The maximum absolute atomic E-state index is 11.5. The number of benzene rings is 1. The first-order valence-electron chi connectivity index (χ1n) is 5.37. The molecule has 15 heavy (non-hydrogen) atoms. The lowest BCUT2D eigenvalue weighted by Crippen LogP contribution is -2.04. The van der Waals surface area contributed by atoms with Crippen molar-refractivity contribution >= 4 is 5.78 Å². The lowest BCUT2D eigenvalue weighted by atomic mass is 10.00. The van der Waals surface area contributed by atoms with Crippen molar-refractivity contribution in [3.05, 3.63) is 28.8 Å². The molecule has 0 unspecified atom stereocenters. The Morgan fingerprint density at radius 1 is 1.33 bits per heavy atom. The summed E-state index contributed by atoms with van der Waals surface area (Å²) in [6, 6.07) is 4.02. The van der Waals surface area contributed by atoms with E-state index < -0.39 is 0 Å². The molecular weight excluding hydrogens is 188 g/mol. The highest BCUT2D eigenvalue weighted by molar-refractivity contribution is 5.98. The van der Waals surface area contributed by atoms with Gasteiger partial charge in [0.1, 0.15) is 5.75 Å². The Hall–Kier alpha value is -1.31. The summed E-state index contributed by atoms with van der Waals surface area (Å²) in [4.78, 5) is 11.5. The third-order valence-corrected chi connectivity index (χ3v) is 2.42. The SMILES string of the molecule is CCOc1cc(CC)cc(C)c1C(C)=O. The number of carbonyl (C=O) groups excluding carboxylic acids is 1. The molecule has 1 aromatic rings. The number of ketones is 1. The molecule has 0 aliphatic rings. The number of Topliss-reactive ketones (excluding diaryl/α,β-unsaturated/α-hetero) is 1. The summed E-state index contributed by atoms with van der Waals surface area (Å²) < 4.78 is 5.50. The standard InChI is InChI=1S/C13H18O2/c1-5-11-7-9(3)13(10(4)14)12(8-11)15-6-2/h7-8H,5-6H2,1-4H3. The summed E-state index contributed by atoms with van der Waals surface area (Å²) in [6.07, 6.45) is 0.957. The van der Waals surface area contributed by atoms with Gasteiger partial charge in [-0.05, 0) is 44.4 Å². The molecule has 0 aromatic heterocycles. The van der Waals surface area contributed by atoms with Crippen molar-refractivity contribution in [2.75, 3.05) is 6.61 Å². The Balaban J connectivity index is 3.28. The van der Waals surface area contributed by atoms with Crippen LogP contribution < -0.4 is 4.74 Å². The zero-order valence-corrected chi connectivity index (χ0v) is 9.89. The van der Waals surface area contributed by atoms with Crippen LogP contribution in [0.25, 0.3) is 0 Å². The minimum absolute atomic E-state index is 0.0682. The van der Waals surface area contributed by atoms with Crippen molar-refractivity contribution in [2.24, 2.45) is 0 Å². The van der Waals surface area contributed by atoms with Gasteiger partial charge >= 0.3 is 0 Å². The van der Waals surface area contributed by atoms with E-state index in [0.29, 0.717) is 12.2 Å². The zero-order chi connectivity index (χ0) is 11.4. The molecule has 1 rings (SSSR count). The van der Waals surface area contributed by atoms with Gasteiger partial charge in [0.2, 0.25) is 0 Å². The minimum Gasteiger partial charge on any atom is -0.493 e. The average molecular weight is 206 g/mol. The third-order valence-electron chi connectivity index (χ3n) is 2.42. The van der Waals surface area contributed by atoms with Gasteiger partial charge in [0.15, 0.2) is 5.78 Å². The number of hydrogen-bond donors (Lipinski definition) is 0. The summed E-state index contributed by atoms with van der Waals surface area (Å²) >= 11 is 0. The van der Waals surface area contributed by atoms with Gasteiger partial charge in [-0.2, -0.15) is 0 Å². The molecule has 0 fully saturated rings. The fourth-order valence-corrected chi connectivity index (χ4v) is 1.75. The molecule has 2 heteroatoms. The van der Waals surface area contributed by atoms with Gasteiger partial charge in [-0.1, -0.05) is 13.0 Å². The van der Waals surface area contributed by atoms with Crippen molar-refractivity contribution < 1.29 is 9.53 Å². The van der Waals surface area contributed by atoms with Crippen LogP contribution in [0.4, 0.5) is 0 Å². The summed E-state index contributed by atoms with van der Waals surface area (Å²) in [7, 11) is 0. The predicted molar refractivity (Wildman–Crippen MR) is 61.7 cm³/mol. The maximum atomic E-state index is 11.5. The van der Waals surface area contributed by atoms with Crippen LogP contribution in [0.5, 0.6) is 5.75 Å². The van der Waals surface area contributed by atoms with Crippen molar-refractivity contribution in [2.45, 2.75) is 34.1 Å². The second-order valence-electron chi connectivity index (χ2n) is 3.63. The van der Waals surface area contributed by atoms with E-state index in [-0.39, 0.29) is 5.78 Å². The fraction of sp³-hybridized carbons (Fsp3) is 0.462. The van der Waals surface area contributed by atoms with Crippen LogP contribution in [0.1, 0.15) is 42.3 Å². The molecule has 0 atom stereocenters. The third kappa shape index (κ3) is 2.58. The van der Waals surface area contributed by atoms with Crippen LogP contribution in [-0.4, -0.2) is 12.4 Å². The van der Waals surface area contributed by atoms with Crippen molar-refractivity contribution in [3.63, 3.8) is 0 Å². The van der Waals surface area contributed by atoms with Gasteiger partial charge in [0.25, 0.3) is 0 Å². The molecule has 0 saturated heterocycles. The Morgan fingerprint density at radius 2 is 2.00 bits per heavy atom. The summed E-state index contributed by atoms with van der Waals surface area (Å²) in [5.74, 6) is 0.792. The maximum Gasteiger partial charge on any atom is 0.163 e. The van der Waals surface area contributed by atoms with E-state index in [1.807, 2.05) is 19.9 Å². The van der Waals surface area contributed by atoms with Gasteiger partial charge in [0, 0.05) is 0 Å². The molecule has 0 amide bonds. The number of carbonyl (C=O) groups is 1. The van der Waals surface area contributed by atoms with E-state index >= 15 is 0 Å². The van der Waals surface area contributed by atoms with Gasteiger partial charge in [-0.3, -0.25) is 4.79 Å². The molecule has 0 aliphatic heterocycles. The highest BCUT2D eigenvalue weighted by Crippen LogP contribution is 2.25. The molecule has 0 aliphatic carbocycles. The number of ether oxygens (including phenoxy) is 1. The van der Waals surface area contributed by atoms with E-state index in [1.165, 1.54) is 5.56 Å². The highest BCUT2D eigenvalue weighted by Gasteiger charge is 2.12. The number of rotatable bonds is 4. The summed E-state index contributed by atoms with van der Waals surface area (Å²) in [6.45, 7) is 8.15. The van der Waals surface area contributed by atoms with Crippen molar-refractivity contribution in [1.82, 2.24) is 0 Å². The Kier molecular flexibility index (Phi) is 3.89. The van der Waals surface area contributed by atoms with Crippen molar-refractivity contribution in [3.8, 4) is 5.75 Å². The lowest BCUT2D eigenvalue weighted by Gasteiger charge is -2.12. The molecule has 0 saturated carbocycles. The van der Waals surface area contributed by atoms with Crippen LogP contribution in [0, 0.1) is 6.92 Å². The first-order chi connectivity index (χ1) is 7.10. The Morgan fingerprint density at radius 3 is 2.47 bits per heavy atom. The quantitative estimate of drug-likeness (QED) is 0.707. The van der Waals surface area contributed by atoms with E-state index in [2.05, 4.69) is 13.0 Å². The summed E-state index contributed by atoms with van der Waals surface area (Å²) in [5, 5.41) is 0. The first-order valence-corrected chi connectivity index (χ1v) is 5.37. The normalized spacial score (nSPS) is 10.1. The number of aryl methyl sites for hydroxylation is 2. The van der Waals surface area contributed by atoms with Crippen LogP contribution >= 0.6 is 0 Å². The van der Waals surface area contributed by atoms with E-state index in [9.17, 15) is 4.79 Å². The molecule has 0 spiro atoms. The second-order valence-corrected chi connectivity index (χ2v) is 3.63. The van der Waals surface area contributed by atoms with Gasteiger partial charge < -0.3 is 4.74 Å². The summed E-state index contributed by atoms with van der Waals surface area (Å²) in [5.41, 5.74) is 2.93. The van der Waals surface area contributed by atoms with Gasteiger partial charge in [0.05, 0.1) is 12.2 Å². The largest absolute Gasteiger partial charge is 0.493 e. The lowest BCUT2D eigenvalue weighted by molar-refractivity contribution is 0.101.